The molecule has 0 spiro atoms. The molecular formula is C52H37IrN3O-2. The number of para-hydroxylation sites is 3. The van der Waals surface area contributed by atoms with Crippen LogP contribution in [0.3, 0.4) is 0 Å². The molecule has 0 saturated heterocycles. The SMILES string of the molecule is [2H]C([2H])([2H])c1c[c-]c(-c2ccc(C([2H])([2H])[2H])cn2)cc1.[Ir].[c-]1oc2cc(-c3ccccc3)ccc2c1-c1nc2ccccc2n1-c1c(-c2ccccc2)cccc1-c1ccccc1. The fourth-order valence-corrected chi connectivity index (χ4v) is 6.99. The van der Waals surface area contributed by atoms with Crippen LogP contribution in [-0.2, 0) is 20.1 Å². The summed E-state index contributed by atoms with van der Waals surface area (Å²) in [6.07, 6.45) is 4.54. The molecule has 0 aliphatic heterocycles. The van der Waals surface area contributed by atoms with Crippen LogP contribution in [0.1, 0.15) is 19.4 Å². The third-order valence-corrected chi connectivity index (χ3v) is 9.69. The fourth-order valence-electron chi connectivity index (χ4n) is 6.99. The van der Waals surface area contributed by atoms with Crippen LogP contribution in [0.2, 0.25) is 0 Å². The zero-order valence-electron chi connectivity index (χ0n) is 36.5. The number of furan rings is 1. The van der Waals surface area contributed by atoms with Crippen LogP contribution in [-0.4, -0.2) is 14.5 Å². The molecule has 0 fully saturated rings. The number of imidazole rings is 1. The Morgan fingerprint density at radius 2 is 1.25 bits per heavy atom. The third kappa shape index (κ3) is 7.64. The van der Waals surface area contributed by atoms with Crippen LogP contribution in [0.15, 0.2) is 193 Å². The van der Waals surface area contributed by atoms with Gasteiger partial charge < -0.3 is 14.0 Å². The molecule has 0 atom stereocenters. The first-order valence-corrected chi connectivity index (χ1v) is 18.2. The normalized spacial score (nSPS) is 12.8. The summed E-state index contributed by atoms with van der Waals surface area (Å²) in [4.78, 5) is 9.28. The molecule has 0 unspecified atom stereocenters. The van der Waals surface area contributed by atoms with Crippen LogP contribution in [0.4, 0.5) is 0 Å². The molecule has 277 valence electrons. The number of benzene rings is 7. The average Bonchev–Trinajstić information content (AvgIpc) is 3.91. The van der Waals surface area contributed by atoms with E-state index in [1.54, 1.807) is 12.1 Å². The molecule has 57 heavy (non-hydrogen) atoms. The van der Waals surface area contributed by atoms with Gasteiger partial charge in [-0.25, -0.2) is 0 Å². The van der Waals surface area contributed by atoms with Gasteiger partial charge in [0.15, 0.2) is 0 Å². The molecule has 1 radical (unpaired) electrons. The van der Waals surface area contributed by atoms with E-state index in [4.69, 9.17) is 17.6 Å². The fraction of sp³-hybridized carbons (Fsp3) is 0.0385. The number of aryl methyl sites for hydroxylation is 2. The average molecular weight is 918 g/mol. The van der Waals surface area contributed by atoms with Crippen LogP contribution in [0.5, 0.6) is 0 Å². The van der Waals surface area contributed by atoms with E-state index in [2.05, 4.69) is 161 Å². The van der Waals surface area contributed by atoms with Gasteiger partial charge in [0.05, 0.1) is 22.5 Å². The van der Waals surface area contributed by atoms with Gasteiger partial charge in [0.2, 0.25) is 0 Å². The Morgan fingerprint density at radius 3 is 1.88 bits per heavy atom. The van der Waals surface area contributed by atoms with Gasteiger partial charge in [-0.2, -0.15) is 0 Å². The van der Waals surface area contributed by atoms with E-state index in [1.165, 1.54) is 24.4 Å². The van der Waals surface area contributed by atoms with Crippen LogP contribution in [0, 0.1) is 26.0 Å². The maximum Gasteiger partial charge on any atom is 0.0774 e. The predicted octanol–water partition coefficient (Wildman–Crippen LogP) is 13.4. The summed E-state index contributed by atoms with van der Waals surface area (Å²) >= 11 is 0. The number of fused-ring (bicyclic) bond motifs is 2. The summed E-state index contributed by atoms with van der Waals surface area (Å²) in [5.74, 6) is 0.794. The number of pyridine rings is 1. The van der Waals surface area contributed by atoms with Crippen molar-refractivity contribution in [2.24, 2.45) is 0 Å². The van der Waals surface area contributed by atoms with E-state index in [-0.39, 0.29) is 31.2 Å². The predicted molar refractivity (Wildman–Crippen MR) is 229 cm³/mol. The minimum atomic E-state index is -2.18. The van der Waals surface area contributed by atoms with Gasteiger partial charge in [-0.3, -0.25) is 4.98 Å². The second kappa shape index (κ2) is 16.6. The molecule has 5 heteroatoms. The molecule has 0 bridgehead atoms. The number of aromatic nitrogens is 3. The molecule has 0 N–H and O–H groups in total. The van der Waals surface area contributed by atoms with E-state index in [0.717, 1.165) is 72.5 Å². The Hall–Kier alpha value is -6.65. The second-order valence-corrected chi connectivity index (χ2v) is 13.3. The van der Waals surface area contributed by atoms with E-state index in [1.807, 2.05) is 12.1 Å². The Morgan fingerprint density at radius 1 is 0.596 bits per heavy atom. The summed E-state index contributed by atoms with van der Waals surface area (Å²) in [5, 5.41) is 0.977. The van der Waals surface area contributed by atoms with Crippen molar-refractivity contribution in [2.75, 3.05) is 0 Å². The summed E-state index contributed by atoms with van der Waals surface area (Å²) < 4.78 is 52.0. The van der Waals surface area contributed by atoms with Crippen molar-refractivity contribution in [1.29, 1.82) is 0 Å². The number of hydrogen-bond acceptors (Lipinski definition) is 3. The maximum atomic E-state index is 7.28. The first-order chi connectivity index (χ1) is 30.0. The van der Waals surface area contributed by atoms with Crippen molar-refractivity contribution in [3.05, 3.63) is 212 Å². The van der Waals surface area contributed by atoms with Crippen molar-refractivity contribution < 1.29 is 32.7 Å². The third-order valence-electron chi connectivity index (χ3n) is 9.69. The number of hydrogen-bond donors (Lipinski definition) is 0. The van der Waals surface area contributed by atoms with Gasteiger partial charge in [0.25, 0.3) is 0 Å². The van der Waals surface area contributed by atoms with E-state index in [0.29, 0.717) is 11.3 Å². The standard InChI is InChI=1S/C39H25N2O.C13H12N.Ir/c1-4-13-27(14-5-1)30-23-24-33-34(26-42-37(33)25-30)39-40-35-21-10-11-22-36(35)41(39)38-31(28-15-6-2-7-16-28)19-12-20-32(38)29-17-8-3-9-18-29;1-10-3-6-12(7-4-10)13-8-5-11(2)9-14-13;/h1-25H;3-6,8-9H,1-2H3;/q2*-1;/i;1D3,2D3;. The van der Waals surface area contributed by atoms with Gasteiger partial charge in [-0.1, -0.05) is 163 Å². The van der Waals surface area contributed by atoms with Gasteiger partial charge in [-0.15, -0.1) is 41.5 Å². The van der Waals surface area contributed by atoms with E-state index in [9.17, 15) is 0 Å². The molecule has 3 heterocycles. The quantitative estimate of drug-likeness (QED) is 0.156. The topological polar surface area (TPSA) is 43.9 Å². The van der Waals surface area contributed by atoms with Crippen LogP contribution in [0.25, 0.3) is 83.7 Å². The van der Waals surface area contributed by atoms with Crippen molar-refractivity contribution in [2.45, 2.75) is 13.7 Å². The second-order valence-electron chi connectivity index (χ2n) is 13.3. The largest absolute Gasteiger partial charge is 0.557 e. The minimum Gasteiger partial charge on any atom is -0.557 e. The first kappa shape index (κ1) is 30.6. The van der Waals surface area contributed by atoms with Gasteiger partial charge in [0, 0.05) is 57.5 Å². The molecule has 10 rings (SSSR count). The smallest absolute Gasteiger partial charge is 0.0774 e. The summed E-state index contributed by atoms with van der Waals surface area (Å²) in [6, 6.07) is 63.1. The number of rotatable bonds is 6. The molecule has 0 aliphatic rings. The Labute approximate surface area is 354 Å². The molecule has 10 aromatic rings. The monoisotopic (exact) mass is 918 g/mol. The van der Waals surface area contributed by atoms with Crippen molar-refractivity contribution >= 4 is 22.0 Å². The molecule has 0 amide bonds. The van der Waals surface area contributed by atoms with E-state index < -0.39 is 13.7 Å². The minimum absolute atomic E-state index is 0. The zero-order valence-corrected chi connectivity index (χ0v) is 32.9. The van der Waals surface area contributed by atoms with Gasteiger partial charge >= 0.3 is 0 Å². The van der Waals surface area contributed by atoms with Crippen LogP contribution >= 0.6 is 0 Å². The summed E-state index contributed by atoms with van der Waals surface area (Å²) in [7, 11) is 0. The molecule has 3 aromatic heterocycles. The molecule has 0 aliphatic carbocycles. The van der Waals surface area contributed by atoms with Crippen LogP contribution < -0.4 is 0 Å². The Kier molecular flexibility index (Phi) is 8.90. The van der Waals surface area contributed by atoms with Gasteiger partial charge in [-0.05, 0) is 52.5 Å². The molecule has 7 aromatic carbocycles. The zero-order chi connectivity index (χ0) is 42.8. The maximum absolute atomic E-state index is 7.28. The molecule has 4 nitrogen and oxygen atoms in total. The van der Waals surface area contributed by atoms with E-state index >= 15 is 0 Å². The number of nitrogens with zero attached hydrogens (tertiary/aromatic N) is 3. The summed E-state index contributed by atoms with van der Waals surface area (Å²) in [6.45, 7) is -4.34. The van der Waals surface area contributed by atoms with Gasteiger partial charge in [0.1, 0.15) is 0 Å². The Balaban J connectivity index is 0.000000219. The van der Waals surface area contributed by atoms with Crippen molar-refractivity contribution in [3.63, 3.8) is 0 Å². The van der Waals surface area contributed by atoms with Crippen molar-refractivity contribution in [3.8, 4) is 61.7 Å². The molecule has 0 saturated carbocycles. The van der Waals surface area contributed by atoms with Crippen molar-refractivity contribution in [1.82, 2.24) is 14.5 Å². The Bertz CT molecular complexity index is 3010. The molecular weight excluding hydrogens is 875 g/mol. The first-order valence-electron chi connectivity index (χ1n) is 21.2. The summed E-state index contributed by atoms with van der Waals surface area (Å²) in [5.41, 5.74) is 13.0.